The van der Waals surface area contributed by atoms with E-state index in [9.17, 15) is 39.0 Å². The van der Waals surface area contributed by atoms with Crippen molar-refractivity contribution in [3.05, 3.63) is 0 Å². The van der Waals surface area contributed by atoms with Gasteiger partial charge in [-0.2, -0.15) is 0 Å². The lowest BCUT2D eigenvalue weighted by Gasteiger charge is -2.29. The Morgan fingerprint density at radius 3 is 1.93 bits per heavy atom. The fourth-order valence-electron chi connectivity index (χ4n) is 2.35. The van der Waals surface area contributed by atoms with Crippen molar-refractivity contribution in [3.8, 4) is 0 Å². The van der Waals surface area contributed by atoms with Crippen LogP contribution < -0.4 is 42.5 Å². The largest absolute Gasteiger partial charge is 0.391 e. The van der Waals surface area contributed by atoms with Gasteiger partial charge in [0.05, 0.1) is 13.3 Å². The van der Waals surface area contributed by atoms with Gasteiger partial charge in [-0.15, -0.1) is 0 Å². The van der Waals surface area contributed by atoms with Crippen molar-refractivity contribution in [1.29, 1.82) is 0 Å². The number of urea groups is 4. The quantitative estimate of drug-likeness (QED) is 0.152. The van der Waals surface area contributed by atoms with E-state index >= 15 is 0 Å². The molecule has 16 nitrogen and oxygen atoms in total. The zero-order valence-corrected chi connectivity index (χ0v) is 14.3. The second-order valence-corrected chi connectivity index (χ2v) is 5.80. The van der Waals surface area contributed by atoms with E-state index in [0.717, 1.165) is 6.92 Å². The molecule has 2 heterocycles. The van der Waals surface area contributed by atoms with E-state index in [-0.39, 0.29) is 0 Å². The van der Waals surface area contributed by atoms with Crippen molar-refractivity contribution in [3.63, 3.8) is 0 Å². The number of aliphatic hydroxyl groups excluding tert-OH is 2. The highest BCUT2D eigenvalue weighted by atomic mass is 16.3. The van der Waals surface area contributed by atoms with Crippen LogP contribution in [0.15, 0.2) is 0 Å². The lowest BCUT2D eigenvalue weighted by Crippen LogP contribution is -2.69. The number of hydrogen-bond donors (Lipinski definition) is 10. The Bertz CT molecular complexity index is 741. The van der Waals surface area contributed by atoms with Crippen LogP contribution in [0.4, 0.5) is 19.2 Å². The molecule has 2 aliphatic rings. The molecule has 2 fully saturated rings. The van der Waals surface area contributed by atoms with E-state index in [1.165, 1.54) is 0 Å². The summed E-state index contributed by atoms with van der Waals surface area (Å²) < 4.78 is 0. The van der Waals surface area contributed by atoms with Gasteiger partial charge in [0.25, 0.3) is 11.8 Å². The molecule has 0 aromatic rings. The molecular formula is C12H18N8O8. The van der Waals surface area contributed by atoms with Gasteiger partial charge in [0.15, 0.2) is 0 Å². The average Bonchev–Trinajstić information content (AvgIpc) is 3.03. The summed E-state index contributed by atoms with van der Waals surface area (Å²) in [7, 11) is 0. The molecule has 2 aliphatic heterocycles. The maximum Gasteiger partial charge on any atom is 0.323 e. The summed E-state index contributed by atoms with van der Waals surface area (Å²) in [5.41, 5.74) is -4.16. The first-order valence-electron chi connectivity index (χ1n) is 7.73. The number of amides is 10. The van der Waals surface area contributed by atoms with Gasteiger partial charge in [-0.1, -0.05) is 0 Å². The third-order valence-electron chi connectivity index (χ3n) is 3.84. The number of rotatable bonds is 6. The maximum atomic E-state index is 11.9. The van der Waals surface area contributed by atoms with Gasteiger partial charge < -0.3 is 42.1 Å². The summed E-state index contributed by atoms with van der Waals surface area (Å²) in [4.78, 5) is 69.6. The molecule has 16 heteroatoms. The van der Waals surface area contributed by atoms with E-state index in [1.807, 2.05) is 21.3 Å². The molecule has 154 valence electrons. The highest BCUT2D eigenvalue weighted by Gasteiger charge is 2.51. The minimum absolute atomic E-state index is 0.528. The number of aliphatic hydroxyl groups is 2. The molecule has 10 amide bonds. The van der Waals surface area contributed by atoms with Gasteiger partial charge in [-0.25, -0.2) is 19.2 Å². The Morgan fingerprint density at radius 2 is 1.50 bits per heavy atom. The van der Waals surface area contributed by atoms with Gasteiger partial charge in [0.1, 0.15) is 6.10 Å². The SMILES string of the molecule is CC(O)C1(NC(=O)NCNC(=O)NC2(CO)NC(=O)NC2=O)NC(=O)NC1=O. The van der Waals surface area contributed by atoms with Crippen LogP contribution in [0.2, 0.25) is 0 Å². The third-order valence-corrected chi connectivity index (χ3v) is 3.84. The smallest absolute Gasteiger partial charge is 0.323 e. The molecule has 0 radical (unpaired) electrons. The van der Waals surface area contributed by atoms with Crippen LogP contribution in [0.25, 0.3) is 0 Å². The molecule has 0 spiro atoms. The second kappa shape index (κ2) is 7.53. The number of carbonyl (C=O) groups excluding carboxylic acids is 6. The van der Waals surface area contributed by atoms with Crippen molar-refractivity contribution in [1.82, 2.24) is 42.5 Å². The molecule has 10 N–H and O–H groups in total. The minimum Gasteiger partial charge on any atom is -0.391 e. The van der Waals surface area contributed by atoms with E-state index in [4.69, 9.17) is 0 Å². The lowest BCUT2D eigenvalue weighted by atomic mass is 10.1. The van der Waals surface area contributed by atoms with E-state index in [2.05, 4.69) is 21.3 Å². The molecule has 3 atom stereocenters. The molecule has 0 bridgehead atoms. The zero-order valence-electron chi connectivity index (χ0n) is 14.3. The van der Waals surface area contributed by atoms with Crippen molar-refractivity contribution in [2.24, 2.45) is 0 Å². The van der Waals surface area contributed by atoms with Crippen LogP contribution in [0.1, 0.15) is 6.92 Å². The molecule has 0 saturated carbocycles. The number of hydrogen-bond acceptors (Lipinski definition) is 8. The Morgan fingerprint density at radius 1 is 0.964 bits per heavy atom. The van der Waals surface area contributed by atoms with Crippen molar-refractivity contribution < 1.29 is 39.0 Å². The fourth-order valence-corrected chi connectivity index (χ4v) is 2.35. The molecule has 2 rings (SSSR count). The number of nitrogens with one attached hydrogen (secondary N) is 8. The minimum atomic E-state index is -2.10. The third kappa shape index (κ3) is 3.86. The Labute approximate surface area is 156 Å². The predicted molar refractivity (Wildman–Crippen MR) is 85.8 cm³/mol. The van der Waals surface area contributed by atoms with Crippen molar-refractivity contribution >= 4 is 35.9 Å². The number of carbonyl (C=O) groups is 6. The topological polar surface area (TPSA) is 239 Å². The van der Waals surface area contributed by atoms with E-state index < -0.39 is 66.6 Å². The maximum absolute atomic E-state index is 11.9. The number of imide groups is 2. The van der Waals surface area contributed by atoms with Crippen LogP contribution in [0.5, 0.6) is 0 Å². The van der Waals surface area contributed by atoms with Crippen LogP contribution in [0.3, 0.4) is 0 Å². The summed E-state index contributed by atoms with van der Waals surface area (Å²) in [6.07, 6.45) is -1.49. The summed E-state index contributed by atoms with van der Waals surface area (Å²) in [5.74, 6) is -1.97. The van der Waals surface area contributed by atoms with E-state index in [1.54, 1.807) is 0 Å². The summed E-state index contributed by atoms with van der Waals surface area (Å²) in [6.45, 7) is -0.301. The van der Waals surface area contributed by atoms with Gasteiger partial charge in [0.2, 0.25) is 11.3 Å². The van der Waals surface area contributed by atoms with Gasteiger partial charge in [-0.3, -0.25) is 20.2 Å². The highest BCUT2D eigenvalue weighted by molar-refractivity contribution is 6.09. The molecule has 0 aliphatic carbocycles. The zero-order chi connectivity index (χ0) is 21.1. The van der Waals surface area contributed by atoms with Crippen molar-refractivity contribution in [2.75, 3.05) is 13.3 Å². The standard InChI is InChI=1S/C12H18N8O8/c1-4(22)12(6(24)16-10(28)20-12)19-8(26)14-3-13-7(25)17-11(2-21)5(23)15-9(27)18-11/h4,21-22H,2-3H2,1H3,(H2,13,17,25)(H2,14,19,26)(H2,15,18,23,27)(H2,16,20,24,28). The first kappa shape index (κ1) is 20.6. The van der Waals surface area contributed by atoms with Gasteiger partial charge in [-0.05, 0) is 6.92 Å². The van der Waals surface area contributed by atoms with E-state index in [0.29, 0.717) is 0 Å². The summed E-state index contributed by atoms with van der Waals surface area (Å²) in [6, 6.07) is -3.92. The molecule has 0 aromatic heterocycles. The van der Waals surface area contributed by atoms with Crippen LogP contribution in [-0.4, -0.2) is 76.9 Å². The monoisotopic (exact) mass is 402 g/mol. The normalized spacial score (nSPS) is 27.1. The molecule has 3 unspecified atom stereocenters. The van der Waals surface area contributed by atoms with Crippen molar-refractivity contribution in [2.45, 2.75) is 24.4 Å². The highest BCUT2D eigenvalue weighted by Crippen LogP contribution is 2.12. The molecule has 2 saturated heterocycles. The Kier molecular flexibility index (Phi) is 5.55. The van der Waals surface area contributed by atoms with Gasteiger partial charge in [0, 0.05) is 0 Å². The van der Waals surface area contributed by atoms with Gasteiger partial charge >= 0.3 is 24.1 Å². The van der Waals surface area contributed by atoms with Crippen LogP contribution in [0, 0.1) is 0 Å². The first-order valence-corrected chi connectivity index (χ1v) is 7.73. The summed E-state index contributed by atoms with van der Waals surface area (Å²) >= 11 is 0. The lowest BCUT2D eigenvalue weighted by molar-refractivity contribution is -0.129. The van der Waals surface area contributed by atoms with Crippen LogP contribution in [-0.2, 0) is 9.59 Å². The molecular weight excluding hydrogens is 384 g/mol. The predicted octanol–water partition coefficient (Wildman–Crippen LogP) is -5.01. The first-order chi connectivity index (χ1) is 13.0. The second-order valence-electron chi connectivity index (χ2n) is 5.80. The Hall–Kier alpha value is -3.66. The average molecular weight is 402 g/mol. The Balaban J connectivity index is 1.86. The summed E-state index contributed by atoms with van der Waals surface area (Å²) in [5, 5.41) is 35.1. The molecule has 28 heavy (non-hydrogen) atoms. The van der Waals surface area contributed by atoms with Crippen LogP contribution >= 0.6 is 0 Å². The molecule has 0 aromatic carbocycles. The fraction of sp³-hybridized carbons (Fsp3) is 0.500.